The molecule has 1 heterocycles. The number of benzene rings is 1. The smallest absolute Gasteiger partial charge is 0.263 e. The minimum absolute atomic E-state index is 0.373. The van der Waals surface area contributed by atoms with Crippen molar-refractivity contribution in [2.45, 2.75) is 6.92 Å². The lowest BCUT2D eigenvalue weighted by atomic mass is 10.2. The number of hydrazone groups is 1. The van der Waals surface area contributed by atoms with E-state index in [4.69, 9.17) is 10.6 Å². The van der Waals surface area contributed by atoms with E-state index in [1.807, 2.05) is 12.1 Å². The summed E-state index contributed by atoms with van der Waals surface area (Å²) in [7, 11) is 1.63. The van der Waals surface area contributed by atoms with E-state index in [1.54, 1.807) is 20.2 Å². The van der Waals surface area contributed by atoms with Crippen molar-refractivity contribution in [1.82, 2.24) is 14.9 Å². The van der Waals surface area contributed by atoms with Gasteiger partial charge in [0.25, 0.3) is 5.95 Å². The quantitative estimate of drug-likeness (QED) is 0.292. The number of nitrogens with one attached hydrogen (secondary N) is 1. The monoisotopic (exact) mass is 498 g/mol. The van der Waals surface area contributed by atoms with Crippen LogP contribution in [0.2, 0.25) is 0 Å². The summed E-state index contributed by atoms with van der Waals surface area (Å²) in [6, 6.07) is 4.01. The van der Waals surface area contributed by atoms with Gasteiger partial charge in [-0.05, 0) is 64.2 Å². The lowest BCUT2D eigenvalue weighted by molar-refractivity contribution is 0.411. The van der Waals surface area contributed by atoms with Gasteiger partial charge in [0.2, 0.25) is 0 Å². The number of methoxy groups -OCH3 is 1. The van der Waals surface area contributed by atoms with Crippen LogP contribution >= 0.6 is 45.2 Å². The van der Waals surface area contributed by atoms with Crippen molar-refractivity contribution < 1.29 is 4.74 Å². The summed E-state index contributed by atoms with van der Waals surface area (Å²) in [5.41, 5.74) is 3.62. The van der Waals surface area contributed by atoms with Crippen molar-refractivity contribution in [3.63, 3.8) is 0 Å². The lowest BCUT2D eigenvalue weighted by Gasteiger charge is -2.07. The van der Waals surface area contributed by atoms with Crippen LogP contribution in [0.15, 0.2) is 17.2 Å². The maximum Gasteiger partial charge on any atom is 0.263 e. The summed E-state index contributed by atoms with van der Waals surface area (Å²) >= 11 is 4.47. The predicted octanol–water partition coefficient (Wildman–Crippen LogP) is 1.96. The zero-order valence-electron chi connectivity index (χ0n) is 10.8. The Morgan fingerprint density at radius 1 is 1.40 bits per heavy atom. The van der Waals surface area contributed by atoms with Gasteiger partial charge in [0.1, 0.15) is 5.75 Å². The molecule has 0 bridgehead atoms. The van der Waals surface area contributed by atoms with Gasteiger partial charge in [-0.25, -0.2) is 10.1 Å². The van der Waals surface area contributed by atoms with Crippen LogP contribution in [-0.4, -0.2) is 28.2 Å². The molecular formula is C11H12I2N6O. The third kappa shape index (κ3) is 3.31. The van der Waals surface area contributed by atoms with Gasteiger partial charge in [-0.15, -0.1) is 10.2 Å². The Bertz CT molecular complexity index is 655. The molecule has 7 nitrogen and oxygen atoms in total. The Morgan fingerprint density at radius 2 is 2.15 bits per heavy atom. The fourth-order valence-electron chi connectivity index (χ4n) is 1.50. The average molecular weight is 498 g/mol. The van der Waals surface area contributed by atoms with Gasteiger partial charge in [0, 0.05) is 9.13 Å². The molecule has 0 aliphatic carbocycles. The number of nitrogens with two attached hydrogens (primary N) is 1. The van der Waals surface area contributed by atoms with Gasteiger partial charge in [0.15, 0.2) is 5.82 Å². The molecule has 0 fully saturated rings. The number of hydrogen-bond donors (Lipinski definition) is 2. The number of rotatable bonds is 4. The van der Waals surface area contributed by atoms with Crippen molar-refractivity contribution in [3.8, 4) is 5.75 Å². The Hall–Kier alpha value is -1.11. The van der Waals surface area contributed by atoms with Crippen molar-refractivity contribution in [3.05, 3.63) is 30.7 Å². The van der Waals surface area contributed by atoms with E-state index in [0.29, 0.717) is 11.8 Å². The van der Waals surface area contributed by atoms with Crippen LogP contribution in [0.3, 0.4) is 0 Å². The number of aromatic nitrogens is 3. The van der Waals surface area contributed by atoms with Crippen LogP contribution in [0, 0.1) is 14.1 Å². The standard InChI is InChI=1S/C11H12I2N6O/c1-6-16-18-11(19(6)14)17-15-5-7-3-8(12)4-9(13)10(7)20-2/h3-5H,14H2,1-2H3,(H,17,18). The molecule has 0 spiro atoms. The Balaban J connectivity index is 2.21. The molecule has 0 atom stereocenters. The molecular weight excluding hydrogens is 486 g/mol. The van der Waals surface area contributed by atoms with E-state index >= 15 is 0 Å². The van der Waals surface area contributed by atoms with Gasteiger partial charge < -0.3 is 10.6 Å². The summed E-state index contributed by atoms with van der Waals surface area (Å²) in [5.74, 6) is 7.47. The second-order valence-electron chi connectivity index (χ2n) is 3.82. The molecule has 0 saturated heterocycles. The van der Waals surface area contributed by atoms with Crippen molar-refractivity contribution in [2.24, 2.45) is 5.10 Å². The first kappa shape index (κ1) is 15.3. The molecule has 106 valence electrons. The Labute approximate surface area is 143 Å². The molecule has 20 heavy (non-hydrogen) atoms. The van der Waals surface area contributed by atoms with E-state index in [1.165, 1.54) is 4.68 Å². The maximum atomic E-state index is 5.71. The van der Waals surface area contributed by atoms with Crippen LogP contribution in [0.25, 0.3) is 0 Å². The normalized spacial score (nSPS) is 11.0. The van der Waals surface area contributed by atoms with E-state index in [9.17, 15) is 0 Å². The van der Waals surface area contributed by atoms with Crippen LogP contribution in [-0.2, 0) is 0 Å². The largest absolute Gasteiger partial charge is 0.495 e. The van der Waals surface area contributed by atoms with Gasteiger partial charge in [-0.3, -0.25) is 0 Å². The van der Waals surface area contributed by atoms with Crippen LogP contribution in [0.1, 0.15) is 11.4 Å². The molecule has 0 radical (unpaired) electrons. The van der Waals surface area contributed by atoms with Crippen molar-refractivity contribution >= 4 is 57.3 Å². The van der Waals surface area contributed by atoms with Gasteiger partial charge >= 0.3 is 0 Å². The molecule has 0 aliphatic rings. The van der Waals surface area contributed by atoms with Crippen LogP contribution in [0.4, 0.5) is 5.95 Å². The fraction of sp³-hybridized carbons (Fsp3) is 0.182. The average Bonchev–Trinajstić information content (AvgIpc) is 2.70. The number of halogens is 2. The van der Waals surface area contributed by atoms with E-state index < -0.39 is 0 Å². The topological polar surface area (TPSA) is 90.3 Å². The highest BCUT2D eigenvalue weighted by molar-refractivity contribution is 14.1. The summed E-state index contributed by atoms with van der Waals surface area (Å²) < 4.78 is 8.83. The van der Waals surface area contributed by atoms with Crippen LogP contribution in [0.5, 0.6) is 5.75 Å². The minimum atomic E-state index is 0.373. The first-order chi connectivity index (χ1) is 9.52. The number of ether oxygens (including phenoxy) is 1. The number of nitrogen functional groups attached to an aromatic ring is 1. The molecule has 2 aromatic rings. The number of hydrogen-bond acceptors (Lipinski definition) is 6. The summed E-state index contributed by atoms with van der Waals surface area (Å²) in [5, 5.41) is 11.8. The molecule has 1 aromatic carbocycles. The molecule has 0 amide bonds. The molecule has 2 rings (SSSR count). The van der Waals surface area contributed by atoms with Crippen molar-refractivity contribution in [1.29, 1.82) is 0 Å². The summed E-state index contributed by atoms with van der Waals surface area (Å²) in [4.78, 5) is 0. The fourth-order valence-corrected chi connectivity index (χ4v) is 3.61. The minimum Gasteiger partial charge on any atom is -0.495 e. The van der Waals surface area contributed by atoms with Crippen molar-refractivity contribution in [2.75, 3.05) is 18.4 Å². The van der Waals surface area contributed by atoms with Gasteiger partial charge in [-0.1, -0.05) is 0 Å². The lowest BCUT2D eigenvalue weighted by Crippen LogP contribution is -2.13. The highest BCUT2D eigenvalue weighted by Gasteiger charge is 2.08. The van der Waals surface area contributed by atoms with Crippen LogP contribution < -0.4 is 16.0 Å². The molecule has 0 saturated carbocycles. The molecule has 9 heteroatoms. The third-order valence-electron chi connectivity index (χ3n) is 2.48. The summed E-state index contributed by atoms with van der Waals surface area (Å²) in [6.45, 7) is 1.76. The summed E-state index contributed by atoms with van der Waals surface area (Å²) in [6.07, 6.45) is 1.66. The van der Waals surface area contributed by atoms with E-state index in [0.717, 1.165) is 18.5 Å². The first-order valence-corrected chi connectivity index (χ1v) is 7.68. The van der Waals surface area contributed by atoms with Gasteiger partial charge in [-0.2, -0.15) is 5.10 Å². The number of anilines is 1. The Morgan fingerprint density at radius 3 is 2.75 bits per heavy atom. The van der Waals surface area contributed by atoms with Gasteiger partial charge in [0.05, 0.1) is 16.9 Å². The SMILES string of the molecule is COc1c(I)cc(I)cc1C=NNc1nnc(C)n1N. The molecule has 0 aliphatic heterocycles. The maximum absolute atomic E-state index is 5.71. The first-order valence-electron chi connectivity index (χ1n) is 5.52. The molecule has 3 N–H and O–H groups in total. The third-order valence-corrected chi connectivity index (χ3v) is 3.90. The number of nitrogens with zero attached hydrogens (tertiary/aromatic N) is 4. The number of aryl methyl sites for hydroxylation is 1. The Kier molecular flexibility index (Phi) is 5.01. The zero-order valence-corrected chi connectivity index (χ0v) is 15.1. The van der Waals surface area contributed by atoms with E-state index in [2.05, 4.69) is 65.9 Å². The highest BCUT2D eigenvalue weighted by atomic mass is 127. The zero-order chi connectivity index (χ0) is 14.7. The highest BCUT2D eigenvalue weighted by Crippen LogP contribution is 2.26. The second-order valence-corrected chi connectivity index (χ2v) is 6.23. The molecule has 1 aromatic heterocycles. The predicted molar refractivity (Wildman–Crippen MR) is 94.6 cm³/mol. The van der Waals surface area contributed by atoms with E-state index in [-0.39, 0.29) is 0 Å². The molecule has 0 unspecified atom stereocenters. The second kappa shape index (κ2) is 6.56.